The van der Waals surface area contributed by atoms with Crippen molar-refractivity contribution in [2.45, 2.75) is 26.7 Å². The van der Waals surface area contributed by atoms with Gasteiger partial charge in [0.05, 0.1) is 6.61 Å². The van der Waals surface area contributed by atoms with E-state index >= 15 is 0 Å². The summed E-state index contributed by atoms with van der Waals surface area (Å²) in [6, 6.07) is 6.13. The van der Waals surface area contributed by atoms with E-state index in [0.717, 1.165) is 35.4 Å². The van der Waals surface area contributed by atoms with Crippen LogP contribution in [-0.2, 0) is 0 Å². The molecule has 90 valence electrons. The zero-order valence-electron chi connectivity index (χ0n) is 9.87. The molecule has 1 rings (SSSR count). The van der Waals surface area contributed by atoms with E-state index in [-0.39, 0.29) is 0 Å². The second-order valence-electron chi connectivity index (χ2n) is 4.16. The summed E-state index contributed by atoms with van der Waals surface area (Å²) in [7, 11) is 0. The van der Waals surface area contributed by atoms with Gasteiger partial charge in [-0.2, -0.15) is 12.6 Å². The zero-order valence-corrected chi connectivity index (χ0v) is 12.4. The summed E-state index contributed by atoms with van der Waals surface area (Å²) < 4.78 is 6.85. The van der Waals surface area contributed by atoms with Crippen molar-refractivity contribution in [3.05, 3.63) is 28.2 Å². The second kappa shape index (κ2) is 7.23. The van der Waals surface area contributed by atoms with Gasteiger partial charge in [-0.1, -0.05) is 28.9 Å². The van der Waals surface area contributed by atoms with Crippen LogP contribution in [0, 0.1) is 12.8 Å². The molecule has 0 bridgehead atoms. The van der Waals surface area contributed by atoms with Gasteiger partial charge in [-0.05, 0) is 49.1 Å². The lowest BCUT2D eigenvalue weighted by molar-refractivity contribution is 0.280. The smallest absolute Gasteiger partial charge is 0.123 e. The molecule has 1 aromatic rings. The lowest BCUT2D eigenvalue weighted by Crippen LogP contribution is -2.05. The van der Waals surface area contributed by atoms with Crippen LogP contribution >= 0.6 is 28.6 Å². The van der Waals surface area contributed by atoms with Gasteiger partial charge in [0.2, 0.25) is 0 Å². The topological polar surface area (TPSA) is 9.23 Å². The summed E-state index contributed by atoms with van der Waals surface area (Å²) in [4.78, 5) is 0. The quantitative estimate of drug-likeness (QED) is 0.762. The van der Waals surface area contributed by atoms with Crippen LogP contribution < -0.4 is 4.74 Å². The summed E-state index contributed by atoms with van der Waals surface area (Å²) in [6.07, 6.45) is 2.25. The van der Waals surface area contributed by atoms with Crippen molar-refractivity contribution >= 4 is 28.6 Å². The van der Waals surface area contributed by atoms with Crippen molar-refractivity contribution < 1.29 is 4.74 Å². The minimum atomic E-state index is 0.685. The van der Waals surface area contributed by atoms with Gasteiger partial charge in [-0.25, -0.2) is 0 Å². The van der Waals surface area contributed by atoms with Gasteiger partial charge in [0.25, 0.3) is 0 Å². The predicted octanol–water partition coefficient (Wildman–Crippen LogP) is 4.48. The zero-order chi connectivity index (χ0) is 12.0. The third-order valence-corrected chi connectivity index (χ3v) is 3.39. The van der Waals surface area contributed by atoms with E-state index in [9.17, 15) is 0 Å². The maximum Gasteiger partial charge on any atom is 0.123 e. The van der Waals surface area contributed by atoms with E-state index in [4.69, 9.17) is 4.74 Å². The van der Waals surface area contributed by atoms with E-state index < -0.39 is 0 Å². The van der Waals surface area contributed by atoms with Crippen molar-refractivity contribution in [1.82, 2.24) is 0 Å². The Kier molecular flexibility index (Phi) is 6.29. The molecule has 0 saturated heterocycles. The molecule has 0 saturated carbocycles. The Morgan fingerprint density at radius 3 is 2.81 bits per heavy atom. The summed E-state index contributed by atoms with van der Waals surface area (Å²) in [5, 5.41) is 0. The molecule has 1 aromatic carbocycles. The third kappa shape index (κ3) is 4.79. The molecule has 0 spiro atoms. The first-order valence-corrected chi connectivity index (χ1v) is 7.06. The van der Waals surface area contributed by atoms with Crippen LogP contribution in [0.1, 0.15) is 25.3 Å². The van der Waals surface area contributed by atoms with Crippen LogP contribution in [0.25, 0.3) is 0 Å². The summed E-state index contributed by atoms with van der Waals surface area (Å²) in [6.45, 7) is 5.10. The van der Waals surface area contributed by atoms with Gasteiger partial charge >= 0.3 is 0 Å². The molecule has 0 N–H and O–H groups in total. The molecule has 3 heteroatoms. The van der Waals surface area contributed by atoms with Crippen molar-refractivity contribution in [3.8, 4) is 5.75 Å². The van der Waals surface area contributed by atoms with Gasteiger partial charge in [0.1, 0.15) is 5.75 Å². The van der Waals surface area contributed by atoms with Crippen molar-refractivity contribution in [1.29, 1.82) is 0 Å². The second-order valence-corrected chi connectivity index (χ2v) is 5.53. The number of ether oxygens (including phenoxy) is 1. The molecule has 0 radical (unpaired) electrons. The van der Waals surface area contributed by atoms with Crippen LogP contribution in [0.2, 0.25) is 0 Å². The molecule has 16 heavy (non-hydrogen) atoms. The average molecular weight is 303 g/mol. The van der Waals surface area contributed by atoms with E-state index in [1.807, 2.05) is 12.1 Å². The molecule has 0 aliphatic rings. The number of thiol groups is 1. The number of hydrogen-bond donors (Lipinski definition) is 1. The molecular weight excluding hydrogens is 284 g/mol. The Morgan fingerprint density at radius 2 is 2.12 bits per heavy atom. The van der Waals surface area contributed by atoms with Crippen molar-refractivity contribution in [2.75, 3.05) is 12.4 Å². The Morgan fingerprint density at radius 1 is 1.38 bits per heavy atom. The highest BCUT2D eigenvalue weighted by Crippen LogP contribution is 2.23. The highest BCUT2D eigenvalue weighted by Gasteiger charge is 2.03. The number of aryl methyl sites for hydroxylation is 1. The van der Waals surface area contributed by atoms with Crippen LogP contribution in [0.4, 0.5) is 0 Å². The van der Waals surface area contributed by atoms with Crippen LogP contribution in [-0.4, -0.2) is 12.4 Å². The van der Waals surface area contributed by atoms with E-state index in [1.54, 1.807) is 0 Å². The largest absolute Gasteiger partial charge is 0.493 e. The number of rotatable bonds is 6. The Bertz CT molecular complexity index is 328. The maximum atomic E-state index is 5.78. The fraction of sp³-hybridized carbons (Fsp3) is 0.538. The SMILES string of the molecule is Cc1ccc(Br)cc1OCCC(C)CCS. The van der Waals surface area contributed by atoms with E-state index in [2.05, 4.69) is 48.5 Å². The molecule has 1 atom stereocenters. The summed E-state index contributed by atoms with van der Waals surface area (Å²) in [5.74, 6) is 2.62. The van der Waals surface area contributed by atoms with Crippen LogP contribution in [0.5, 0.6) is 5.75 Å². The predicted molar refractivity (Wildman–Crippen MR) is 76.6 cm³/mol. The van der Waals surface area contributed by atoms with Crippen LogP contribution in [0.3, 0.4) is 0 Å². The lowest BCUT2D eigenvalue weighted by Gasteiger charge is -2.12. The third-order valence-electron chi connectivity index (χ3n) is 2.64. The monoisotopic (exact) mass is 302 g/mol. The standard InChI is InChI=1S/C13H19BrOS/c1-10(6-8-16)5-7-15-13-9-12(14)4-3-11(13)2/h3-4,9-10,16H,5-8H2,1-2H3. The molecule has 0 aromatic heterocycles. The first kappa shape index (κ1) is 13.9. The molecular formula is C13H19BrOS. The fourth-order valence-corrected chi connectivity index (χ4v) is 2.25. The number of hydrogen-bond acceptors (Lipinski definition) is 2. The highest BCUT2D eigenvalue weighted by molar-refractivity contribution is 9.10. The van der Waals surface area contributed by atoms with Gasteiger partial charge in [0, 0.05) is 4.47 Å². The first-order chi connectivity index (χ1) is 7.63. The molecule has 1 unspecified atom stereocenters. The number of halogens is 1. The normalized spacial score (nSPS) is 12.5. The van der Waals surface area contributed by atoms with Gasteiger partial charge < -0.3 is 4.74 Å². The molecule has 0 aliphatic carbocycles. The van der Waals surface area contributed by atoms with Crippen molar-refractivity contribution in [2.24, 2.45) is 5.92 Å². The molecule has 0 amide bonds. The van der Waals surface area contributed by atoms with E-state index in [0.29, 0.717) is 5.92 Å². The summed E-state index contributed by atoms with van der Waals surface area (Å²) in [5.41, 5.74) is 1.19. The minimum Gasteiger partial charge on any atom is -0.493 e. The lowest BCUT2D eigenvalue weighted by atomic mass is 10.1. The Hall–Kier alpha value is -0.150. The minimum absolute atomic E-state index is 0.685. The van der Waals surface area contributed by atoms with Gasteiger partial charge in [0.15, 0.2) is 0 Å². The van der Waals surface area contributed by atoms with Crippen LogP contribution in [0.15, 0.2) is 22.7 Å². The fourth-order valence-electron chi connectivity index (χ4n) is 1.46. The molecule has 0 fully saturated rings. The van der Waals surface area contributed by atoms with Gasteiger partial charge in [-0.3, -0.25) is 0 Å². The average Bonchev–Trinajstić information content (AvgIpc) is 2.23. The molecule has 0 heterocycles. The first-order valence-electron chi connectivity index (χ1n) is 5.63. The van der Waals surface area contributed by atoms with E-state index in [1.165, 1.54) is 5.56 Å². The molecule has 1 nitrogen and oxygen atoms in total. The summed E-state index contributed by atoms with van der Waals surface area (Å²) >= 11 is 7.69. The maximum absolute atomic E-state index is 5.78. The highest BCUT2D eigenvalue weighted by atomic mass is 79.9. The van der Waals surface area contributed by atoms with Crippen molar-refractivity contribution in [3.63, 3.8) is 0 Å². The number of benzene rings is 1. The van der Waals surface area contributed by atoms with Gasteiger partial charge in [-0.15, -0.1) is 0 Å². The molecule has 0 aliphatic heterocycles. The Labute approximate surface area is 112 Å². The Balaban J connectivity index is 2.39.